The monoisotopic (exact) mass is 253 g/mol. The predicted molar refractivity (Wildman–Crippen MR) is 77.0 cm³/mol. The molecule has 2 N–H and O–H groups in total. The minimum atomic E-state index is -0.939. The van der Waals surface area contributed by atoms with Crippen LogP contribution in [0.25, 0.3) is 0 Å². The van der Waals surface area contributed by atoms with Crippen molar-refractivity contribution in [1.29, 1.82) is 0 Å². The number of anilines is 2. The van der Waals surface area contributed by atoms with Gasteiger partial charge in [-0.05, 0) is 36.2 Å². The van der Waals surface area contributed by atoms with Crippen molar-refractivity contribution in [2.75, 3.05) is 5.32 Å². The molecule has 0 unspecified atom stereocenters. The van der Waals surface area contributed by atoms with Crippen LogP contribution in [0.4, 0.5) is 11.4 Å². The van der Waals surface area contributed by atoms with Gasteiger partial charge in [-0.1, -0.05) is 30.3 Å². The van der Waals surface area contributed by atoms with Gasteiger partial charge in [0.15, 0.2) is 0 Å². The molecule has 3 nitrogen and oxygen atoms in total. The highest BCUT2D eigenvalue weighted by molar-refractivity contribution is 5.95. The average molecular weight is 253 g/mol. The summed E-state index contributed by atoms with van der Waals surface area (Å²) in [5.74, 6) is -0.939. The SMILES string of the molecule is C=CCc1ccc(Nc2ccccc2C(=O)O)cc1. The van der Waals surface area contributed by atoms with Crippen molar-refractivity contribution in [3.63, 3.8) is 0 Å². The summed E-state index contributed by atoms with van der Waals surface area (Å²) < 4.78 is 0. The summed E-state index contributed by atoms with van der Waals surface area (Å²) in [7, 11) is 0. The topological polar surface area (TPSA) is 49.3 Å². The molecule has 2 rings (SSSR count). The van der Waals surface area contributed by atoms with E-state index < -0.39 is 5.97 Å². The Balaban J connectivity index is 2.21. The van der Waals surface area contributed by atoms with Crippen molar-refractivity contribution in [1.82, 2.24) is 0 Å². The third-order valence-electron chi connectivity index (χ3n) is 2.77. The minimum absolute atomic E-state index is 0.262. The Labute approximate surface area is 112 Å². The molecular weight excluding hydrogens is 238 g/mol. The smallest absolute Gasteiger partial charge is 0.337 e. The van der Waals surface area contributed by atoms with Crippen LogP contribution < -0.4 is 5.32 Å². The van der Waals surface area contributed by atoms with E-state index in [1.165, 1.54) is 5.56 Å². The number of hydrogen-bond acceptors (Lipinski definition) is 2. The number of allylic oxidation sites excluding steroid dienone is 1. The number of carbonyl (C=O) groups is 1. The van der Waals surface area contributed by atoms with E-state index in [0.29, 0.717) is 5.69 Å². The molecule has 0 saturated carbocycles. The second kappa shape index (κ2) is 5.87. The van der Waals surface area contributed by atoms with E-state index in [1.54, 1.807) is 24.3 Å². The number of carboxylic acids is 1. The van der Waals surface area contributed by atoms with Gasteiger partial charge in [-0.15, -0.1) is 6.58 Å². The fourth-order valence-corrected chi connectivity index (χ4v) is 1.82. The Morgan fingerprint density at radius 2 is 1.84 bits per heavy atom. The molecule has 19 heavy (non-hydrogen) atoms. The molecular formula is C16H15NO2. The summed E-state index contributed by atoms with van der Waals surface area (Å²) in [4.78, 5) is 11.1. The van der Waals surface area contributed by atoms with Crippen molar-refractivity contribution in [3.8, 4) is 0 Å². The number of nitrogens with one attached hydrogen (secondary N) is 1. The summed E-state index contributed by atoms with van der Waals surface area (Å²) in [6, 6.07) is 14.7. The average Bonchev–Trinajstić information content (AvgIpc) is 2.42. The lowest BCUT2D eigenvalue weighted by Gasteiger charge is -2.09. The Kier molecular flexibility index (Phi) is 3.98. The van der Waals surface area contributed by atoms with Gasteiger partial charge in [0, 0.05) is 5.69 Å². The van der Waals surface area contributed by atoms with Crippen LogP contribution in [0.15, 0.2) is 61.2 Å². The molecule has 3 heteroatoms. The van der Waals surface area contributed by atoms with E-state index in [1.807, 2.05) is 30.3 Å². The lowest BCUT2D eigenvalue weighted by molar-refractivity contribution is 0.0698. The van der Waals surface area contributed by atoms with Crippen LogP contribution >= 0.6 is 0 Å². The van der Waals surface area contributed by atoms with Crippen LogP contribution in [-0.4, -0.2) is 11.1 Å². The number of aromatic carboxylic acids is 1. The third kappa shape index (κ3) is 3.22. The van der Waals surface area contributed by atoms with Gasteiger partial charge in [0.05, 0.1) is 11.3 Å². The van der Waals surface area contributed by atoms with Crippen LogP contribution in [0.2, 0.25) is 0 Å². The molecule has 0 heterocycles. The molecule has 0 aromatic heterocycles. The van der Waals surface area contributed by atoms with E-state index in [-0.39, 0.29) is 5.56 Å². The van der Waals surface area contributed by atoms with Gasteiger partial charge >= 0.3 is 5.97 Å². The zero-order chi connectivity index (χ0) is 13.7. The molecule has 0 radical (unpaired) electrons. The Morgan fingerprint density at radius 3 is 2.47 bits per heavy atom. The van der Waals surface area contributed by atoms with Crippen LogP contribution in [0, 0.1) is 0 Å². The highest BCUT2D eigenvalue weighted by atomic mass is 16.4. The van der Waals surface area contributed by atoms with Crippen molar-refractivity contribution >= 4 is 17.3 Å². The first kappa shape index (κ1) is 12.9. The standard InChI is InChI=1S/C16H15NO2/c1-2-5-12-8-10-13(11-9-12)17-15-7-4-3-6-14(15)16(18)19/h2-4,6-11,17H,1,5H2,(H,18,19). The summed E-state index contributed by atoms with van der Waals surface area (Å²) in [6.45, 7) is 3.70. The van der Waals surface area contributed by atoms with Gasteiger partial charge in [0.1, 0.15) is 0 Å². The Bertz CT molecular complexity index is 588. The highest BCUT2D eigenvalue weighted by Crippen LogP contribution is 2.21. The van der Waals surface area contributed by atoms with Crippen LogP contribution in [0.3, 0.4) is 0 Å². The van der Waals surface area contributed by atoms with E-state index in [0.717, 1.165) is 12.1 Å². The molecule has 0 fully saturated rings. The normalized spacial score (nSPS) is 9.89. The molecule has 0 aliphatic rings. The summed E-state index contributed by atoms with van der Waals surface area (Å²) in [5.41, 5.74) is 2.89. The minimum Gasteiger partial charge on any atom is -0.478 e. The first-order valence-corrected chi connectivity index (χ1v) is 6.00. The second-order valence-electron chi connectivity index (χ2n) is 4.17. The molecule has 0 bridgehead atoms. The third-order valence-corrected chi connectivity index (χ3v) is 2.77. The van der Waals surface area contributed by atoms with Crippen molar-refractivity contribution in [2.24, 2.45) is 0 Å². The van der Waals surface area contributed by atoms with Gasteiger partial charge in [-0.3, -0.25) is 0 Å². The van der Waals surface area contributed by atoms with Crippen LogP contribution in [0.1, 0.15) is 15.9 Å². The van der Waals surface area contributed by atoms with E-state index in [4.69, 9.17) is 5.11 Å². The molecule has 0 aliphatic carbocycles. The maximum absolute atomic E-state index is 11.1. The molecule has 2 aromatic carbocycles. The number of rotatable bonds is 5. The fraction of sp³-hybridized carbons (Fsp3) is 0.0625. The molecule has 0 saturated heterocycles. The molecule has 0 spiro atoms. The van der Waals surface area contributed by atoms with E-state index in [9.17, 15) is 4.79 Å². The number of benzene rings is 2. The zero-order valence-electron chi connectivity index (χ0n) is 10.5. The largest absolute Gasteiger partial charge is 0.478 e. The molecule has 96 valence electrons. The van der Waals surface area contributed by atoms with Gasteiger partial charge in [0.2, 0.25) is 0 Å². The van der Waals surface area contributed by atoms with Crippen molar-refractivity contribution in [2.45, 2.75) is 6.42 Å². The number of carboxylic acid groups (broad SMARTS) is 1. The van der Waals surface area contributed by atoms with Gasteiger partial charge < -0.3 is 10.4 Å². The van der Waals surface area contributed by atoms with Gasteiger partial charge in [0.25, 0.3) is 0 Å². The summed E-state index contributed by atoms with van der Waals surface area (Å²) in [5, 5.41) is 12.2. The second-order valence-corrected chi connectivity index (χ2v) is 4.17. The lowest BCUT2D eigenvalue weighted by atomic mass is 10.1. The zero-order valence-corrected chi connectivity index (χ0v) is 10.5. The molecule has 2 aromatic rings. The summed E-state index contributed by atoms with van der Waals surface area (Å²) in [6.07, 6.45) is 2.67. The predicted octanol–water partition coefficient (Wildman–Crippen LogP) is 3.86. The fourth-order valence-electron chi connectivity index (χ4n) is 1.82. The maximum Gasteiger partial charge on any atom is 0.337 e. The quantitative estimate of drug-likeness (QED) is 0.795. The first-order chi connectivity index (χ1) is 9.20. The molecule has 0 atom stereocenters. The Hall–Kier alpha value is -2.55. The number of para-hydroxylation sites is 1. The van der Waals surface area contributed by atoms with E-state index in [2.05, 4.69) is 11.9 Å². The van der Waals surface area contributed by atoms with E-state index >= 15 is 0 Å². The van der Waals surface area contributed by atoms with Gasteiger partial charge in [-0.25, -0.2) is 4.79 Å². The number of hydrogen-bond donors (Lipinski definition) is 2. The van der Waals surface area contributed by atoms with Crippen molar-refractivity contribution in [3.05, 3.63) is 72.3 Å². The summed E-state index contributed by atoms with van der Waals surface area (Å²) >= 11 is 0. The van der Waals surface area contributed by atoms with Crippen LogP contribution in [0.5, 0.6) is 0 Å². The van der Waals surface area contributed by atoms with Crippen LogP contribution in [-0.2, 0) is 6.42 Å². The van der Waals surface area contributed by atoms with Crippen molar-refractivity contribution < 1.29 is 9.90 Å². The molecule has 0 aliphatic heterocycles. The first-order valence-electron chi connectivity index (χ1n) is 6.00. The lowest BCUT2D eigenvalue weighted by Crippen LogP contribution is -2.02. The maximum atomic E-state index is 11.1. The Morgan fingerprint density at radius 1 is 1.16 bits per heavy atom. The molecule has 0 amide bonds. The van der Waals surface area contributed by atoms with Gasteiger partial charge in [-0.2, -0.15) is 0 Å². The highest BCUT2D eigenvalue weighted by Gasteiger charge is 2.08.